The van der Waals surface area contributed by atoms with Crippen molar-refractivity contribution in [2.45, 2.75) is 25.2 Å². The van der Waals surface area contributed by atoms with E-state index in [1.165, 1.54) is 6.07 Å². The van der Waals surface area contributed by atoms with Gasteiger partial charge in [0, 0.05) is 44.0 Å². The number of anilines is 3. The Bertz CT molecular complexity index is 895. The summed E-state index contributed by atoms with van der Waals surface area (Å²) in [6.07, 6.45) is -3.71. The fraction of sp³-hybridized carbons (Fsp3) is 0.526. The molecule has 11 heteroatoms. The lowest BCUT2D eigenvalue weighted by molar-refractivity contribution is -0.137. The quantitative estimate of drug-likeness (QED) is 0.756. The molecule has 0 saturated carbocycles. The minimum absolute atomic E-state index is 0.101. The number of alkyl halides is 4. The van der Waals surface area contributed by atoms with Crippen LogP contribution in [0.5, 0.6) is 0 Å². The van der Waals surface area contributed by atoms with E-state index in [2.05, 4.69) is 15.0 Å². The average Bonchev–Trinajstić information content (AvgIpc) is 2.74. The maximum absolute atomic E-state index is 13.7. The number of hydrogen-bond donors (Lipinski definition) is 1. The fourth-order valence-electron chi connectivity index (χ4n) is 3.61. The van der Waals surface area contributed by atoms with Crippen LogP contribution in [0, 0.1) is 0 Å². The third kappa shape index (κ3) is 4.40. The van der Waals surface area contributed by atoms with Gasteiger partial charge in [0.2, 0.25) is 5.95 Å². The van der Waals surface area contributed by atoms with Gasteiger partial charge in [0.15, 0.2) is 0 Å². The van der Waals surface area contributed by atoms with Crippen LogP contribution in [0.15, 0.2) is 18.3 Å². The van der Waals surface area contributed by atoms with E-state index >= 15 is 0 Å². The van der Waals surface area contributed by atoms with Crippen molar-refractivity contribution in [3.8, 4) is 11.3 Å². The zero-order valence-electron chi connectivity index (χ0n) is 16.2. The molecule has 0 bridgehead atoms. The van der Waals surface area contributed by atoms with E-state index in [1.807, 2.05) is 9.80 Å². The highest BCUT2D eigenvalue weighted by molar-refractivity contribution is 5.69. The van der Waals surface area contributed by atoms with Crippen molar-refractivity contribution in [2.24, 2.45) is 0 Å². The van der Waals surface area contributed by atoms with Gasteiger partial charge in [-0.2, -0.15) is 18.2 Å². The number of nitrogens with zero attached hydrogens (tertiary/aromatic N) is 5. The van der Waals surface area contributed by atoms with Crippen molar-refractivity contribution in [1.29, 1.82) is 0 Å². The van der Waals surface area contributed by atoms with Crippen LogP contribution in [0.1, 0.15) is 18.4 Å². The molecule has 0 unspecified atom stereocenters. The monoisotopic (exact) mass is 426 g/mol. The number of hydrogen-bond acceptors (Lipinski definition) is 7. The Labute approximate surface area is 170 Å². The summed E-state index contributed by atoms with van der Waals surface area (Å²) < 4.78 is 59.9. The van der Waals surface area contributed by atoms with Gasteiger partial charge in [-0.3, -0.25) is 0 Å². The Morgan fingerprint density at radius 2 is 1.70 bits per heavy atom. The minimum Gasteiger partial charge on any atom is -0.384 e. The molecule has 30 heavy (non-hydrogen) atoms. The molecule has 7 nitrogen and oxygen atoms in total. The van der Waals surface area contributed by atoms with Gasteiger partial charge in [0.1, 0.15) is 17.8 Å². The molecular weight excluding hydrogens is 404 g/mol. The van der Waals surface area contributed by atoms with Crippen LogP contribution < -0.4 is 15.5 Å². The standard InChI is InChI=1S/C19H22F4N6O/c20-12-1-3-28(4-2-12)17-10-15(26-18(27-17)29-5-7-30-8-6-29)13-11-25-16(24)9-14(13)19(21,22)23/h9-12H,1-8H2,(H2,24,25). The van der Waals surface area contributed by atoms with E-state index in [0.29, 0.717) is 64.0 Å². The number of ether oxygens (including phenoxy) is 1. The molecule has 2 saturated heterocycles. The molecule has 4 heterocycles. The van der Waals surface area contributed by atoms with Crippen molar-refractivity contribution in [3.05, 3.63) is 23.9 Å². The van der Waals surface area contributed by atoms with Crippen LogP contribution in [-0.2, 0) is 10.9 Å². The number of halogens is 4. The van der Waals surface area contributed by atoms with Gasteiger partial charge < -0.3 is 20.3 Å². The molecule has 2 aliphatic heterocycles. The third-order valence-corrected chi connectivity index (χ3v) is 5.25. The van der Waals surface area contributed by atoms with E-state index < -0.39 is 17.9 Å². The molecule has 4 rings (SSSR count). The summed E-state index contributed by atoms with van der Waals surface area (Å²) in [5.41, 5.74) is 4.52. The van der Waals surface area contributed by atoms with Crippen molar-refractivity contribution >= 4 is 17.6 Å². The summed E-state index contributed by atoms with van der Waals surface area (Å²) in [6, 6.07) is 2.31. The van der Waals surface area contributed by atoms with Gasteiger partial charge in [-0.05, 0) is 18.9 Å². The van der Waals surface area contributed by atoms with Crippen molar-refractivity contribution < 1.29 is 22.3 Å². The fourth-order valence-corrected chi connectivity index (χ4v) is 3.61. The molecule has 162 valence electrons. The van der Waals surface area contributed by atoms with Crippen LogP contribution in [0.2, 0.25) is 0 Å². The molecule has 2 fully saturated rings. The van der Waals surface area contributed by atoms with Gasteiger partial charge in [-0.1, -0.05) is 0 Å². The Morgan fingerprint density at radius 3 is 2.37 bits per heavy atom. The van der Waals surface area contributed by atoms with Crippen molar-refractivity contribution in [2.75, 3.05) is 54.9 Å². The van der Waals surface area contributed by atoms with E-state index in [4.69, 9.17) is 10.5 Å². The Balaban J connectivity index is 1.80. The summed E-state index contributed by atoms with van der Waals surface area (Å²) in [6.45, 7) is 2.89. The maximum Gasteiger partial charge on any atom is 0.417 e. The number of aromatic nitrogens is 3. The zero-order valence-corrected chi connectivity index (χ0v) is 16.2. The Morgan fingerprint density at radius 1 is 1.00 bits per heavy atom. The highest BCUT2D eigenvalue weighted by Gasteiger charge is 2.35. The molecule has 0 atom stereocenters. The van der Waals surface area contributed by atoms with Gasteiger partial charge in [-0.25, -0.2) is 14.4 Å². The van der Waals surface area contributed by atoms with Gasteiger partial charge in [0.05, 0.1) is 24.5 Å². The van der Waals surface area contributed by atoms with E-state index in [9.17, 15) is 17.6 Å². The normalized spacial score (nSPS) is 18.7. The number of piperidine rings is 1. The van der Waals surface area contributed by atoms with Crippen molar-refractivity contribution in [3.63, 3.8) is 0 Å². The molecule has 0 aliphatic carbocycles. The number of nitrogen functional groups attached to an aromatic ring is 1. The first kappa shape index (κ1) is 20.6. The zero-order chi connectivity index (χ0) is 21.3. The van der Waals surface area contributed by atoms with Gasteiger partial charge >= 0.3 is 6.18 Å². The topological polar surface area (TPSA) is 80.4 Å². The lowest BCUT2D eigenvalue weighted by atomic mass is 10.1. The Kier molecular flexibility index (Phi) is 5.63. The number of pyridine rings is 1. The number of morpholine rings is 1. The second-order valence-corrected chi connectivity index (χ2v) is 7.32. The predicted molar refractivity (Wildman–Crippen MR) is 104 cm³/mol. The molecule has 2 aliphatic rings. The highest BCUT2D eigenvalue weighted by Crippen LogP contribution is 2.38. The molecule has 0 radical (unpaired) electrons. The molecular formula is C19H22F4N6O. The van der Waals surface area contributed by atoms with Gasteiger partial charge in [-0.15, -0.1) is 0 Å². The molecule has 0 aromatic carbocycles. The molecule has 0 spiro atoms. The summed E-state index contributed by atoms with van der Waals surface area (Å²) in [5.74, 6) is 0.565. The van der Waals surface area contributed by atoms with Gasteiger partial charge in [0.25, 0.3) is 0 Å². The summed E-state index contributed by atoms with van der Waals surface area (Å²) in [5, 5.41) is 0. The number of rotatable bonds is 3. The lowest BCUT2D eigenvalue weighted by Crippen LogP contribution is -2.38. The maximum atomic E-state index is 13.7. The van der Waals surface area contributed by atoms with Crippen molar-refractivity contribution in [1.82, 2.24) is 15.0 Å². The van der Waals surface area contributed by atoms with Crippen LogP contribution in [-0.4, -0.2) is 60.5 Å². The Hall–Kier alpha value is -2.69. The van der Waals surface area contributed by atoms with Crippen LogP contribution in [0.25, 0.3) is 11.3 Å². The molecule has 2 aromatic heterocycles. The average molecular weight is 426 g/mol. The summed E-state index contributed by atoms with van der Waals surface area (Å²) >= 11 is 0. The second-order valence-electron chi connectivity index (χ2n) is 7.32. The summed E-state index contributed by atoms with van der Waals surface area (Å²) in [4.78, 5) is 16.6. The van der Waals surface area contributed by atoms with Crippen LogP contribution >= 0.6 is 0 Å². The number of nitrogens with two attached hydrogens (primary N) is 1. The van der Waals surface area contributed by atoms with Crippen LogP contribution in [0.4, 0.5) is 35.1 Å². The predicted octanol–water partition coefficient (Wildman–Crippen LogP) is 2.91. The SMILES string of the molecule is Nc1cc(C(F)(F)F)c(-c2cc(N3CCC(F)CC3)nc(N3CCOCC3)n2)cn1. The largest absolute Gasteiger partial charge is 0.417 e. The van der Waals surface area contributed by atoms with Crippen LogP contribution in [0.3, 0.4) is 0 Å². The van der Waals surface area contributed by atoms with E-state index in [0.717, 1.165) is 12.3 Å². The van der Waals surface area contributed by atoms with E-state index in [1.54, 1.807) is 0 Å². The highest BCUT2D eigenvalue weighted by atomic mass is 19.4. The third-order valence-electron chi connectivity index (χ3n) is 5.25. The molecule has 0 amide bonds. The molecule has 2 N–H and O–H groups in total. The first-order valence-corrected chi connectivity index (χ1v) is 9.75. The second kappa shape index (κ2) is 8.21. The first-order valence-electron chi connectivity index (χ1n) is 9.75. The molecule has 2 aromatic rings. The van der Waals surface area contributed by atoms with E-state index in [-0.39, 0.29) is 17.1 Å². The summed E-state index contributed by atoms with van der Waals surface area (Å²) in [7, 11) is 0. The first-order chi connectivity index (χ1) is 14.3. The minimum atomic E-state index is -4.62. The lowest BCUT2D eigenvalue weighted by Gasteiger charge is -2.32. The smallest absolute Gasteiger partial charge is 0.384 e.